The molecule has 0 fully saturated rings. The highest BCUT2D eigenvalue weighted by Crippen LogP contribution is 2.35. The number of anilines is 3. The number of carbonyl (C=O) groups is 2. The van der Waals surface area contributed by atoms with E-state index in [0.717, 1.165) is 23.1 Å². The van der Waals surface area contributed by atoms with Crippen LogP contribution in [0.5, 0.6) is 0 Å². The molecule has 1 aromatic heterocycles. The van der Waals surface area contributed by atoms with E-state index >= 15 is 0 Å². The van der Waals surface area contributed by atoms with Crippen molar-refractivity contribution < 1.29 is 18.0 Å². The second-order valence-corrected chi connectivity index (χ2v) is 10.6. The standard InChI is InChI=1S/C23H23N3O4S2/c1-15-6-3-8-19(16(15)2)25-23(28)22(27)24-18-11-10-17-7-4-12-26(20(17)14-18)32(29,30)21-9-5-13-31-21/h3,5-6,8-11,13-14H,4,7,12H2,1-2H3,(H,24,27)(H,25,28). The van der Waals surface area contributed by atoms with Gasteiger partial charge in [-0.05, 0) is 73.0 Å². The minimum absolute atomic E-state index is 0.271. The van der Waals surface area contributed by atoms with Crippen LogP contribution in [-0.2, 0) is 26.0 Å². The molecular weight excluding hydrogens is 446 g/mol. The van der Waals surface area contributed by atoms with Crippen molar-refractivity contribution in [3.63, 3.8) is 0 Å². The zero-order chi connectivity index (χ0) is 22.9. The molecule has 0 unspecified atom stereocenters. The van der Waals surface area contributed by atoms with Crippen LogP contribution in [0.3, 0.4) is 0 Å². The number of rotatable bonds is 4. The van der Waals surface area contributed by atoms with Gasteiger partial charge in [0.15, 0.2) is 0 Å². The summed E-state index contributed by atoms with van der Waals surface area (Å²) in [5, 5.41) is 6.94. The highest BCUT2D eigenvalue weighted by molar-refractivity contribution is 7.94. The highest BCUT2D eigenvalue weighted by atomic mass is 32.2. The largest absolute Gasteiger partial charge is 0.318 e. The molecule has 1 aliphatic heterocycles. The van der Waals surface area contributed by atoms with Gasteiger partial charge in [-0.1, -0.05) is 24.3 Å². The van der Waals surface area contributed by atoms with E-state index in [0.29, 0.717) is 30.0 Å². The molecule has 0 saturated carbocycles. The fourth-order valence-corrected chi connectivity index (χ4v) is 6.28. The van der Waals surface area contributed by atoms with Crippen LogP contribution < -0.4 is 14.9 Å². The average Bonchev–Trinajstić information content (AvgIpc) is 3.32. The van der Waals surface area contributed by atoms with Crippen LogP contribution >= 0.6 is 11.3 Å². The lowest BCUT2D eigenvalue weighted by molar-refractivity contribution is -0.133. The fraction of sp³-hybridized carbons (Fsp3) is 0.217. The maximum Gasteiger partial charge on any atom is 0.314 e. The van der Waals surface area contributed by atoms with E-state index in [1.807, 2.05) is 26.0 Å². The lowest BCUT2D eigenvalue weighted by Crippen LogP contribution is -2.35. The third-order valence-corrected chi connectivity index (χ3v) is 8.70. The zero-order valence-electron chi connectivity index (χ0n) is 17.7. The Morgan fingerprint density at radius 2 is 1.78 bits per heavy atom. The smallest absolute Gasteiger partial charge is 0.314 e. The molecule has 2 N–H and O–H groups in total. The molecule has 4 rings (SSSR count). The lowest BCUT2D eigenvalue weighted by Gasteiger charge is -2.30. The normalized spacial score (nSPS) is 13.4. The van der Waals surface area contributed by atoms with Crippen LogP contribution in [0.2, 0.25) is 0 Å². The molecule has 2 amide bonds. The van der Waals surface area contributed by atoms with E-state index in [4.69, 9.17) is 0 Å². The summed E-state index contributed by atoms with van der Waals surface area (Å²) in [4.78, 5) is 24.9. The van der Waals surface area contributed by atoms with Crippen molar-refractivity contribution in [3.05, 3.63) is 70.6 Å². The predicted molar refractivity (Wildman–Crippen MR) is 127 cm³/mol. The molecular formula is C23H23N3O4S2. The summed E-state index contributed by atoms with van der Waals surface area (Å²) in [6.45, 7) is 4.15. The third kappa shape index (κ3) is 4.26. The minimum Gasteiger partial charge on any atom is -0.318 e. The Morgan fingerprint density at radius 1 is 1.00 bits per heavy atom. The number of nitrogens with zero attached hydrogens (tertiary/aromatic N) is 1. The maximum atomic E-state index is 13.1. The van der Waals surface area contributed by atoms with Gasteiger partial charge in [-0.15, -0.1) is 11.3 Å². The number of fused-ring (bicyclic) bond motifs is 1. The quantitative estimate of drug-likeness (QED) is 0.563. The first kappa shape index (κ1) is 22.0. The second-order valence-electron chi connectivity index (χ2n) is 7.61. The molecule has 2 heterocycles. The van der Waals surface area contributed by atoms with Gasteiger partial charge in [0.05, 0.1) is 5.69 Å². The van der Waals surface area contributed by atoms with E-state index in [9.17, 15) is 18.0 Å². The van der Waals surface area contributed by atoms with Crippen molar-refractivity contribution in [2.45, 2.75) is 30.9 Å². The van der Waals surface area contributed by atoms with E-state index in [-0.39, 0.29) is 4.21 Å². The van der Waals surface area contributed by atoms with Gasteiger partial charge in [0.1, 0.15) is 4.21 Å². The summed E-state index contributed by atoms with van der Waals surface area (Å²) >= 11 is 1.17. The number of thiophene rings is 1. The summed E-state index contributed by atoms with van der Waals surface area (Å²) in [7, 11) is -3.68. The number of sulfonamides is 1. The first-order valence-corrected chi connectivity index (χ1v) is 12.5. The monoisotopic (exact) mass is 469 g/mol. The van der Waals surface area contributed by atoms with Crippen molar-refractivity contribution in [3.8, 4) is 0 Å². The van der Waals surface area contributed by atoms with E-state index in [1.54, 1.807) is 41.8 Å². The molecule has 7 nitrogen and oxygen atoms in total. The predicted octanol–water partition coefficient (Wildman–Crippen LogP) is 4.08. The van der Waals surface area contributed by atoms with Crippen molar-refractivity contribution in [1.82, 2.24) is 0 Å². The molecule has 9 heteroatoms. The Hall–Kier alpha value is -3.17. The van der Waals surface area contributed by atoms with Crippen molar-refractivity contribution in [2.75, 3.05) is 21.5 Å². The Kier molecular flexibility index (Phi) is 6.03. The van der Waals surface area contributed by atoms with E-state index < -0.39 is 21.8 Å². The van der Waals surface area contributed by atoms with Crippen LogP contribution in [-0.4, -0.2) is 26.8 Å². The number of carbonyl (C=O) groups excluding carboxylic acids is 2. The summed E-state index contributed by atoms with van der Waals surface area (Å²) < 4.78 is 27.9. The second kappa shape index (κ2) is 8.76. The number of amides is 2. The molecule has 0 radical (unpaired) electrons. The molecule has 1 aliphatic rings. The van der Waals surface area contributed by atoms with E-state index in [1.165, 1.54) is 15.6 Å². The van der Waals surface area contributed by atoms with E-state index in [2.05, 4.69) is 10.6 Å². The van der Waals surface area contributed by atoms with Gasteiger partial charge in [0, 0.05) is 17.9 Å². The Balaban J connectivity index is 1.55. The Morgan fingerprint density at radius 3 is 2.53 bits per heavy atom. The molecule has 166 valence electrons. The Labute approximate surface area is 191 Å². The number of nitrogens with one attached hydrogen (secondary N) is 2. The number of benzene rings is 2. The van der Waals surface area contributed by atoms with Crippen LogP contribution in [0, 0.1) is 13.8 Å². The van der Waals surface area contributed by atoms with Gasteiger partial charge in [0.25, 0.3) is 10.0 Å². The maximum absolute atomic E-state index is 13.1. The highest BCUT2D eigenvalue weighted by Gasteiger charge is 2.30. The zero-order valence-corrected chi connectivity index (χ0v) is 19.3. The van der Waals surface area contributed by atoms with Crippen LogP contribution in [0.15, 0.2) is 58.1 Å². The first-order chi connectivity index (χ1) is 15.3. The number of hydrogen-bond donors (Lipinski definition) is 2. The SMILES string of the molecule is Cc1cccc(NC(=O)C(=O)Nc2ccc3c(c2)N(S(=O)(=O)c2cccs2)CCC3)c1C. The summed E-state index contributed by atoms with van der Waals surface area (Å²) in [5.74, 6) is -1.62. The molecule has 0 aliphatic carbocycles. The van der Waals surface area contributed by atoms with Crippen molar-refractivity contribution >= 4 is 50.2 Å². The average molecular weight is 470 g/mol. The minimum atomic E-state index is -3.68. The third-order valence-electron chi connectivity index (χ3n) is 5.52. The van der Waals surface area contributed by atoms with Crippen molar-refractivity contribution in [2.24, 2.45) is 0 Å². The first-order valence-electron chi connectivity index (χ1n) is 10.1. The summed E-state index contributed by atoms with van der Waals surface area (Å²) in [6.07, 6.45) is 1.45. The molecule has 0 saturated heterocycles. The van der Waals surface area contributed by atoms with Gasteiger partial charge in [0.2, 0.25) is 0 Å². The van der Waals surface area contributed by atoms with Crippen LogP contribution in [0.1, 0.15) is 23.1 Å². The van der Waals surface area contributed by atoms with Crippen LogP contribution in [0.4, 0.5) is 17.1 Å². The molecule has 0 spiro atoms. The summed E-state index contributed by atoms with van der Waals surface area (Å²) in [6, 6.07) is 13.8. The summed E-state index contributed by atoms with van der Waals surface area (Å²) in [5.41, 5.74) is 4.23. The molecule has 2 aromatic carbocycles. The Bertz CT molecular complexity index is 1280. The van der Waals surface area contributed by atoms with Gasteiger partial charge in [-0.3, -0.25) is 13.9 Å². The topological polar surface area (TPSA) is 95.6 Å². The molecule has 32 heavy (non-hydrogen) atoms. The molecule has 3 aromatic rings. The van der Waals surface area contributed by atoms with Crippen molar-refractivity contribution in [1.29, 1.82) is 0 Å². The lowest BCUT2D eigenvalue weighted by atomic mass is 10.0. The molecule has 0 bridgehead atoms. The fourth-order valence-electron chi connectivity index (χ4n) is 3.64. The van der Waals surface area contributed by atoms with Gasteiger partial charge < -0.3 is 10.6 Å². The van der Waals surface area contributed by atoms with Gasteiger partial charge >= 0.3 is 11.8 Å². The van der Waals surface area contributed by atoms with Gasteiger partial charge in [-0.25, -0.2) is 8.42 Å². The number of aryl methyl sites for hydroxylation is 2. The number of hydrogen-bond acceptors (Lipinski definition) is 5. The van der Waals surface area contributed by atoms with Crippen LogP contribution in [0.25, 0.3) is 0 Å². The molecule has 0 atom stereocenters. The van der Waals surface area contributed by atoms with Gasteiger partial charge in [-0.2, -0.15) is 0 Å².